The third-order valence-corrected chi connectivity index (χ3v) is 2.60. The van der Waals surface area contributed by atoms with Gasteiger partial charge in [-0.3, -0.25) is 4.68 Å². The van der Waals surface area contributed by atoms with E-state index < -0.39 is 0 Å². The molecule has 0 N–H and O–H groups in total. The van der Waals surface area contributed by atoms with Crippen molar-refractivity contribution in [2.45, 2.75) is 33.2 Å². The summed E-state index contributed by atoms with van der Waals surface area (Å²) in [6, 6.07) is 2.08. The van der Waals surface area contributed by atoms with E-state index in [0.29, 0.717) is 0 Å². The summed E-state index contributed by atoms with van der Waals surface area (Å²) in [5.41, 5.74) is 2.12. The fraction of sp³-hybridized carbons (Fsp3) is 0.545. The second-order valence-electron chi connectivity index (χ2n) is 3.85. The molecule has 0 amide bonds. The van der Waals surface area contributed by atoms with Gasteiger partial charge >= 0.3 is 0 Å². The maximum Gasteiger partial charge on any atom is 0.182 e. The number of hydrogen-bond acceptors (Lipinski definition) is 3. The molecule has 0 aromatic carbocycles. The molecule has 0 saturated heterocycles. The molecule has 0 aliphatic heterocycles. The van der Waals surface area contributed by atoms with Crippen molar-refractivity contribution in [1.82, 2.24) is 24.5 Å². The smallest absolute Gasteiger partial charge is 0.182 e. The number of rotatable bonds is 4. The van der Waals surface area contributed by atoms with E-state index in [-0.39, 0.29) is 0 Å². The Hall–Kier alpha value is -1.65. The summed E-state index contributed by atoms with van der Waals surface area (Å²) in [5.74, 6) is 0.900. The molecule has 0 atom stereocenters. The van der Waals surface area contributed by atoms with Crippen LogP contribution in [0.4, 0.5) is 0 Å². The Kier molecular flexibility index (Phi) is 3.03. The lowest BCUT2D eigenvalue weighted by Crippen LogP contribution is -2.02. The monoisotopic (exact) mass is 219 g/mol. The molecule has 2 rings (SSSR count). The van der Waals surface area contributed by atoms with Crippen LogP contribution in [-0.4, -0.2) is 24.5 Å². The number of nitrogens with zero attached hydrogens (tertiary/aromatic N) is 5. The summed E-state index contributed by atoms with van der Waals surface area (Å²) >= 11 is 0. The van der Waals surface area contributed by atoms with Gasteiger partial charge in [-0.1, -0.05) is 13.8 Å². The molecular formula is C11H17N5. The molecule has 0 spiro atoms. The summed E-state index contributed by atoms with van der Waals surface area (Å²) in [5, 5.41) is 12.6. The molecule has 0 radical (unpaired) electrons. The summed E-state index contributed by atoms with van der Waals surface area (Å²) in [4.78, 5) is 0. The lowest BCUT2D eigenvalue weighted by atomic mass is 10.3. The molecule has 0 unspecified atom stereocenters. The first kappa shape index (κ1) is 10.9. The highest BCUT2D eigenvalue weighted by Crippen LogP contribution is 2.17. The standard InChI is InChI=1S/C11H17N5/c1-4-6-16-8-12-13-11(16)10-7-9(5-2)14-15(10)3/h7-8H,4-6H2,1-3H3. The highest BCUT2D eigenvalue weighted by atomic mass is 15.3. The Morgan fingerprint density at radius 2 is 2.12 bits per heavy atom. The largest absolute Gasteiger partial charge is 0.312 e. The predicted molar refractivity (Wildman–Crippen MR) is 61.9 cm³/mol. The van der Waals surface area contributed by atoms with Crippen molar-refractivity contribution in [2.24, 2.45) is 7.05 Å². The van der Waals surface area contributed by atoms with Crippen LogP contribution in [0.15, 0.2) is 12.4 Å². The van der Waals surface area contributed by atoms with Crippen molar-refractivity contribution in [2.75, 3.05) is 0 Å². The van der Waals surface area contributed by atoms with Gasteiger partial charge in [0.15, 0.2) is 5.82 Å². The van der Waals surface area contributed by atoms with E-state index in [1.165, 1.54) is 0 Å². The number of aryl methyl sites for hydroxylation is 3. The van der Waals surface area contributed by atoms with Crippen molar-refractivity contribution in [1.29, 1.82) is 0 Å². The van der Waals surface area contributed by atoms with E-state index in [9.17, 15) is 0 Å². The Bertz CT molecular complexity index is 468. The average Bonchev–Trinajstić information content (AvgIpc) is 2.85. The zero-order valence-electron chi connectivity index (χ0n) is 10.0. The van der Waals surface area contributed by atoms with Gasteiger partial charge in [-0.15, -0.1) is 10.2 Å². The minimum Gasteiger partial charge on any atom is -0.312 e. The molecule has 5 heteroatoms. The fourth-order valence-electron chi connectivity index (χ4n) is 1.77. The van der Waals surface area contributed by atoms with Gasteiger partial charge in [-0.25, -0.2) is 0 Å². The SMILES string of the molecule is CCCn1cnnc1-c1cc(CC)nn1C. The third kappa shape index (κ3) is 1.85. The van der Waals surface area contributed by atoms with Crippen molar-refractivity contribution < 1.29 is 0 Å². The van der Waals surface area contributed by atoms with E-state index >= 15 is 0 Å². The van der Waals surface area contributed by atoms with Gasteiger partial charge < -0.3 is 4.57 Å². The molecule has 2 aromatic heterocycles. The second kappa shape index (κ2) is 4.47. The number of hydrogen-bond donors (Lipinski definition) is 0. The van der Waals surface area contributed by atoms with Gasteiger partial charge in [-0.2, -0.15) is 5.10 Å². The van der Waals surface area contributed by atoms with Crippen LogP contribution in [0.2, 0.25) is 0 Å². The quantitative estimate of drug-likeness (QED) is 0.785. The highest BCUT2D eigenvalue weighted by Gasteiger charge is 2.12. The van der Waals surface area contributed by atoms with Crippen LogP contribution in [0.25, 0.3) is 11.5 Å². The Morgan fingerprint density at radius 1 is 1.31 bits per heavy atom. The minimum atomic E-state index is 0.900. The van der Waals surface area contributed by atoms with E-state index in [1.807, 2.05) is 11.7 Å². The molecule has 0 saturated carbocycles. The Balaban J connectivity index is 2.41. The predicted octanol–water partition coefficient (Wildman–Crippen LogP) is 1.65. The van der Waals surface area contributed by atoms with Crippen LogP contribution in [0.1, 0.15) is 26.0 Å². The van der Waals surface area contributed by atoms with Crippen molar-refractivity contribution >= 4 is 0 Å². The molecule has 0 aliphatic rings. The molecule has 0 fully saturated rings. The Labute approximate surface area is 95.1 Å². The summed E-state index contributed by atoms with van der Waals surface area (Å²) < 4.78 is 3.94. The zero-order valence-corrected chi connectivity index (χ0v) is 10.0. The van der Waals surface area contributed by atoms with Gasteiger partial charge in [-0.05, 0) is 18.9 Å². The first-order valence-electron chi connectivity index (χ1n) is 5.67. The molecular weight excluding hydrogens is 202 g/mol. The molecule has 0 bridgehead atoms. The maximum atomic E-state index is 4.42. The minimum absolute atomic E-state index is 0.900. The lowest BCUT2D eigenvalue weighted by Gasteiger charge is -2.04. The molecule has 5 nitrogen and oxygen atoms in total. The maximum absolute atomic E-state index is 4.42. The van der Waals surface area contributed by atoms with Crippen LogP contribution in [-0.2, 0) is 20.0 Å². The first-order valence-corrected chi connectivity index (χ1v) is 5.67. The van der Waals surface area contributed by atoms with Crippen LogP contribution < -0.4 is 0 Å². The van der Waals surface area contributed by atoms with Gasteiger partial charge in [0.25, 0.3) is 0 Å². The van der Waals surface area contributed by atoms with Crippen molar-refractivity contribution in [3.63, 3.8) is 0 Å². The molecule has 16 heavy (non-hydrogen) atoms. The van der Waals surface area contributed by atoms with Gasteiger partial charge in [0.1, 0.15) is 12.0 Å². The van der Waals surface area contributed by atoms with E-state index in [2.05, 4.69) is 39.8 Å². The van der Waals surface area contributed by atoms with E-state index in [0.717, 1.165) is 36.6 Å². The molecule has 2 aromatic rings. The second-order valence-corrected chi connectivity index (χ2v) is 3.85. The van der Waals surface area contributed by atoms with Gasteiger partial charge in [0.05, 0.1) is 5.69 Å². The van der Waals surface area contributed by atoms with E-state index in [1.54, 1.807) is 6.33 Å². The van der Waals surface area contributed by atoms with Crippen LogP contribution in [0.3, 0.4) is 0 Å². The fourth-order valence-corrected chi connectivity index (χ4v) is 1.77. The number of aromatic nitrogens is 5. The van der Waals surface area contributed by atoms with Crippen molar-refractivity contribution in [3.05, 3.63) is 18.1 Å². The molecule has 86 valence electrons. The Morgan fingerprint density at radius 3 is 2.75 bits per heavy atom. The average molecular weight is 219 g/mol. The zero-order chi connectivity index (χ0) is 11.5. The summed E-state index contributed by atoms with van der Waals surface area (Å²) in [6.07, 6.45) is 3.79. The third-order valence-electron chi connectivity index (χ3n) is 2.60. The topological polar surface area (TPSA) is 48.5 Å². The van der Waals surface area contributed by atoms with E-state index in [4.69, 9.17) is 0 Å². The molecule has 2 heterocycles. The lowest BCUT2D eigenvalue weighted by molar-refractivity contribution is 0.672. The first-order chi connectivity index (χ1) is 7.76. The normalized spacial score (nSPS) is 10.9. The summed E-state index contributed by atoms with van der Waals surface area (Å²) in [7, 11) is 1.94. The summed E-state index contributed by atoms with van der Waals surface area (Å²) in [6.45, 7) is 5.18. The van der Waals surface area contributed by atoms with Crippen LogP contribution in [0.5, 0.6) is 0 Å². The van der Waals surface area contributed by atoms with Gasteiger partial charge in [0.2, 0.25) is 0 Å². The highest BCUT2D eigenvalue weighted by molar-refractivity contribution is 5.50. The van der Waals surface area contributed by atoms with Gasteiger partial charge in [0, 0.05) is 13.6 Å². The van der Waals surface area contributed by atoms with Crippen LogP contribution in [0, 0.1) is 0 Å². The molecule has 0 aliphatic carbocycles. The van der Waals surface area contributed by atoms with Crippen molar-refractivity contribution in [3.8, 4) is 11.5 Å². The van der Waals surface area contributed by atoms with Crippen LogP contribution >= 0.6 is 0 Å².